The molecule has 1 aliphatic rings. The molecular weight excluding hydrogens is 308 g/mol. The number of imidazole rings is 1. The zero-order chi connectivity index (χ0) is 16.3. The van der Waals surface area contributed by atoms with Crippen LogP contribution < -0.4 is 4.72 Å². The van der Waals surface area contributed by atoms with Crippen LogP contribution in [0.4, 0.5) is 0 Å². The Morgan fingerprint density at radius 2 is 2.27 bits per heavy atom. The summed E-state index contributed by atoms with van der Waals surface area (Å²) >= 11 is 0. The van der Waals surface area contributed by atoms with Gasteiger partial charge in [-0.2, -0.15) is 0 Å². The monoisotopic (exact) mass is 330 g/mol. The number of hydrogen-bond donors (Lipinski definition) is 1. The Labute approximate surface area is 130 Å². The lowest BCUT2D eigenvalue weighted by atomic mass is 10.2. The van der Waals surface area contributed by atoms with Crippen molar-refractivity contribution in [2.45, 2.75) is 31.4 Å². The predicted octanol–water partition coefficient (Wildman–Crippen LogP) is -0.356. The lowest BCUT2D eigenvalue weighted by Crippen LogP contribution is -2.48. The fourth-order valence-corrected chi connectivity index (χ4v) is 3.20. The number of carbonyl (C=O) groups is 1. The number of nitrogens with one attached hydrogen (secondary N) is 1. The van der Waals surface area contributed by atoms with Crippen molar-refractivity contribution in [3.63, 3.8) is 0 Å². The Kier molecular flexibility index (Phi) is 5.20. The van der Waals surface area contributed by atoms with Crippen molar-refractivity contribution in [2.24, 2.45) is 7.05 Å². The van der Waals surface area contributed by atoms with Gasteiger partial charge in [0.15, 0.2) is 5.03 Å². The largest absolute Gasteiger partial charge is 0.375 e. The quantitative estimate of drug-likeness (QED) is 0.796. The number of morpholine rings is 1. The average Bonchev–Trinajstić information content (AvgIpc) is 2.85. The molecule has 1 fully saturated rings. The number of aromatic nitrogens is 2. The highest BCUT2D eigenvalue weighted by molar-refractivity contribution is 7.89. The van der Waals surface area contributed by atoms with E-state index in [1.54, 1.807) is 23.4 Å². The molecule has 0 spiro atoms. The van der Waals surface area contributed by atoms with Gasteiger partial charge in [-0.1, -0.05) is 6.92 Å². The van der Waals surface area contributed by atoms with E-state index >= 15 is 0 Å². The van der Waals surface area contributed by atoms with Crippen molar-refractivity contribution in [1.29, 1.82) is 0 Å². The first-order chi connectivity index (χ1) is 10.3. The zero-order valence-electron chi connectivity index (χ0n) is 13.1. The maximum Gasteiger partial charge on any atom is 0.260 e. The third-order valence-electron chi connectivity index (χ3n) is 3.72. The number of amides is 1. The fourth-order valence-electron chi connectivity index (χ4n) is 2.19. The van der Waals surface area contributed by atoms with Crippen molar-refractivity contribution in [3.05, 3.63) is 12.0 Å². The molecule has 2 rings (SSSR count). The Hall–Kier alpha value is -1.45. The highest BCUT2D eigenvalue weighted by Crippen LogP contribution is 2.10. The maximum atomic E-state index is 12.1. The topological polar surface area (TPSA) is 93.5 Å². The molecule has 9 heteroatoms. The summed E-state index contributed by atoms with van der Waals surface area (Å²) in [6.07, 6.45) is 2.26. The normalized spacial score (nSPS) is 19.4. The summed E-state index contributed by atoms with van der Waals surface area (Å²) in [5.41, 5.74) is 0. The van der Waals surface area contributed by atoms with Crippen LogP contribution in [0, 0.1) is 6.92 Å². The molecule has 0 aliphatic carbocycles. The molecule has 8 nitrogen and oxygen atoms in total. The Morgan fingerprint density at radius 1 is 1.55 bits per heavy atom. The van der Waals surface area contributed by atoms with Crippen molar-refractivity contribution in [2.75, 3.05) is 26.2 Å². The van der Waals surface area contributed by atoms with Crippen LogP contribution in [0.3, 0.4) is 0 Å². The SMILES string of the molecule is CC[C@H]1CN(C(=O)CNS(=O)(=O)c2cn(C)c(C)n2)CCO1. The molecule has 1 atom stereocenters. The highest BCUT2D eigenvalue weighted by atomic mass is 32.2. The van der Waals surface area contributed by atoms with E-state index in [9.17, 15) is 13.2 Å². The first kappa shape index (κ1) is 16.9. The van der Waals surface area contributed by atoms with Gasteiger partial charge in [-0.25, -0.2) is 18.1 Å². The molecule has 0 radical (unpaired) electrons. The van der Waals surface area contributed by atoms with Crippen LogP contribution in [0.5, 0.6) is 0 Å². The maximum absolute atomic E-state index is 12.1. The van der Waals surface area contributed by atoms with Crippen molar-refractivity contribution >= 4 is 15.9 Å². The molecule has 0 bridgehead atoms. The van der Waals surface area contributed by atoms with Gasteiger partial charge in [-0.15, -0.1) is 0 Å². The molecule has 0 unspecified atom stereocenters. The summed E-state index contributed by atoms with van der Waals surface area (Å²) in [6.45, 7) is 4.90. The summed E-state index contributed by atoms with van der Waals surface area (Å²) in [4.78, 5) is 17.7. The summed E-state index contributed by atoms with van der Waals surface area (Å²) in [5.74, 6) is 0.337. The smallest absolute Gasteiger partial charge is 0.260 e. The molecule has 1 aromatic rings. The minimum atomic E-state index is -3.78. The van der Waals surface area contributed by atoms with E-state index in [4.69, 9.17) is 4.74 Å². The van der Waals surface area contributed by atoms with Crippen molar-refractivity contribution < 1.29 is 17.9 Å². The summed E-state index contributed by atoms with van der Waals surface area (Å²) < 4.78 is 33.7. The Balaban J connectivity index is 1.95. The second-order valence-electron chi connectivity index (χ2n) is 5.30. The number of hydrogen-bond acceptors (Lipinski definition) is 5. The summed E-state index contributed by atoms with van der Waals surface area (Å²) in [6, 6.07) is 0. The van der Waals surface area contributed by atoms with Gasteiger partial charge < -0.3 is 14.2 Å². The van der Waals surface area contributed by atoms with E-state index in [0.29, 0.717) is 25.5 Å². The van der Waals surface area contributed by atoms with E-state index in [0.717, 1.165) is 6.42 Å². The van der Waals surface area contributed by atoms with Crippen LogP contribution in [0.25, 0.3) is 0 Å². The van der Waals surface area contributed by atoms with Crippen molar-refractivity contribution in [3.8, 4) is 0 Å². The molecular formula is C13H22N4O4S. The van der Waals surface area contributed by atoms with Crippen LogP contribution >= 0.6 is 0 Å². The second kappa shape index (κ2) is 6.76. The number of carbonyl (C=O) groups excluding carboxylic acids is 1. The van der Waals surface area contributed by atoms with Crippen LogP contribution in [-0.2, 0) is 26.6 Å². The highest BCUT2D eigenvalue weighted by Gasteiger charge is 2.25. The van der Waals surface area contributed by atoms with Gasteiger partial charge in [0, 0.05) is 26.3 Å². The van der Waals surface area contributed by atoms with Gasteiger partial charge >= 0.3 is 0 Å². The van der Waals surface area contributed by atoms with Gasteiger partial charge in [-0.3, -0.25) is 4.79 Å². The number of rotatable bonds is 5. The van der Waals surface area contributed by atoms with E-state index in [2.05, 4.69) is 9.71 Å². The number of ether oxygens (including phenoxy) is 1. The lowest BCUT2D eigenvalue weighted by Gasteiger charge is -2.32. The summed E-state index contributed by atoms with van der Waals surface area (Å²) in [5, 5.41) is -0.0753. The average molecular weight is 330 g/mol. The number of sulfonamides is 1. The molecule has 1 N–H and O–H groups in total. The van der Waals surface area contributed by atoms with Crippen LogP contribution in [0.1, 0.15) is 19.2 Å². The molecule has 22 heavy (non-hydrogen) atoms. The third kappa shape index (κ3) is 3.84. The number of nitrogens with zero attached hydrogens (tertiary/aromatic N) is 3. The third-order valence-corrected chi connectivity index (χ3v) is 4.99. The minimum absolute atomic E-state index is 0.0211. The minimum Gasteiger partial charge on any atom is -0.375 e. The van der Waals surface area contributed by atoms with E-state index in [1.807, 2.05) is 6.92 Å². The van der Waals surface area contributed by atoms with Crippen molar-refractivity contribution in [1.82, 2.24) is 19.2 Å². The van der Waals surface area contributed by atoms with E-state index in [-0.39, 0.29) is 23.6 Å². The van der Waals surface area contributed by atoms with Gasteiger partial charge in [0.2, 0.25) is 5.91 Å². The van der Waals surface area contributed by atoms with Crippen LogP contribution in [0.2, 0.25) is 0 Å². The molecule has 1 aromatic heterocycles. The number of aryl methyl sites for hydroxylation is 2. The zero-order valence-corrected chi connectivity index (χ0v) is 13.9. The Bertz CT molecular complexity index is 621. The second-order valence-corrected chi connectivity index (χ2v) is 7.02. The van der Waals surface area contributed by atoms with E-state index < -0.39 is 10.0 Å². The standard InChI is InChI=1S/C13H22N4O4S/c1-4-11-8-17(5-6-21-11)13(18)7-14-22(19,20)12-9-16(3)10(2)15-12/h9,11,14H,4-8H2,1-3H3/t11-/m0/s1. The van der Waals surface area contributed by atoms with Crippen LogP contribution in [0.15, 0.2) is 11.2 Å². The van der Waals surface area contributed by atoms with E-state index in [1.165, 1.54) is 6.20 Å². The first-order valence-corrected chi connectivity index (χ1v) is 8.70. The van der Waals surface area contributed by atoms with Gasteiger partial charge in [0.05, 0.1) is 19.3 Å². The van der Waals surface area contributed by atoms with Crippen LogP contribution in [-0.4, -0.2) is 61.1 Å². The fraction of sp³-hybridized carbons (Fsp3) is 0.692. The lowest BCUT2D eigenvalue weighted by molar-refractivity contribution is -0.137. The first-order valence-electron chi connectivity index (χ1n) is 7.22. The molecule has 2 heterocycles. The Morgan fingerprint density at radius 3 is 2.86 bits per heavy atom. The molecule has 1 saturated heterocycles. The molecule has 0 aromatic carbocycles. The van der Waals surface area contributed by atoms with Gasteiger partial charge in [0.1, 0.15) is 5.82 Å². The molecule has 124 valence electrons. The molecule has 1 aliphatic heterocycles. The molecule has 1 amide bonds. The van der Waals surface area contributed by atoms with Gasteiger partial charge in [0.25, 0.3) is 10.0 Å². The molecule has 0 saturated carbocycles. The summed E-state index contributed by atoms with van der Waals surface area (Å²) in [7, 11) is -2.06. The van der Waals surface area contributed by atoms with Gasteiger partial charge in [-0.05, 0) is 13.3 Å². The predicted molar refractivity (Wildman–Crippen MR) is 79.7 cm³/mol.